The first-order valence-electron chi connectivity index (χ1n) is 8.83. The van der Waals surface area contributed by atoms with E-state index < -0.39 is 0 Å². The van der Waals surface area contributed by atoms with Crippen LogP contribution in [0.15, 0.2) is 46.9 Å². The van der Waals surface area contributed by atoms with Crippen molar-refractivity contribution in [2.45, 2.75) is 18.9 Å². The van der Waals surface area contributed by atoms with Crippen molar-refractivity contribution >= 4 is 32.5 Å². The third kappa shape index (κ3) is 3.39. The molecule has 1 unspecified atom stereocenters. The number of fused-ring (bicyclic) bond motifs is 1. The van der Waals surface area contributed by atoms with Crippen molar-refractivity contribution in [2.75, 3.05) is 25.5 Å². The Labute approximate surface area is 161 Å². The molecule has 1 saturated heterocycles. The summed E-state index contributed by atoms with van der Waals surface area (Å²) in [5.74, 6) is 1.62. The molecule has 5 nitrogen and oxygen atoms in total. The minimum atomic E-state index is 0.384. The van der Waals surface area contributed by atoms with E-state index in [4.69, 9.17) is 4.74 Å². The summed E-state index contributed by atoms with van der Waals surface area (Å²) < 4.78 is 6.53. The molecule has 1 fully saturated rings. The average molecular weight is 413 g/mol. The quantitative estimate of drug-likeness (QED) is 0.671. The lowest BCUT2D eigenvalue weighted by molar-refractivity contribution is 0.416. The molecule has 4 rings (SSSR count). The van der Waals surface area contributed by atoms with Gasteiger partial charge in [0.15, 0.2) is 5.82 Å². The summed E-state index contributed by atoms with van der Waals surface area (Å²) in [5, 5.41) is 18.2. The predicted molar refractivity (Wildman–Crippen MR) is 109 cm³/mol. The van der Waals surface area contributed by atoms with Gasteiger partial charge in [0, 0.05) is 33.4 Å². The predicted octanol–water partition coefficient (Wildman–Crippen LogP) is 4.23. The van der Waals surface area contributed by atoms with Crippen LogP contribution in [0.1, 0.15) is 12.8 Å². The largest absolute Gasteiger partial charge is 0.496 e. The van der Waals surface area contributed by atoms with Crippen molar-refractivity contribution in [3.8, 4) is 17.0 Å². The van der Waals surface area contributed by atoms with E-state index in [9.17, 15) is 0 Å². The lowest BCUT2D eigenvalue weighted by Gasteiger charge is -2.24. The normalized spacial score (nSPS) is 17.2. The molecule has 6 heteroatoms. The van der Waals surface area contributed by atoms with Crippen molar-refractivity contribution < 1.29 is 4.74 Å². The number of anilines is 1. The highest BCUT2D eigenvalue weighted by atomic mass is 79.9. The number of halogens is 1. The van der Waals surface area contributed by atoms with Crippen LogP contribution in [-0.2, 0) is 0 Å². The third-order valence-electron chi connectivity index (χ3n) is 4.74. The third-order valence-corrected chi connectivity index (χ3v) is 5.24. The second kappa shape index (κ2) is 7.60. The van der Waals surface area contributed by atoms with Crippen LogP contribution >= 0.6 is 15.9 Å². The number of hydrogen-bond donors (Lipinski definition) is 2. The number of piperidine rings is 1. The van der Waals surface area contributed by atoms with E-state index >= 15 is 0 Å². The van der Waals surface area contributed by atoms with Gasteiger partial charge in [-0.2, -0.15) is 0 Å². The van der Waals surface area contributed by atoms with E-state index in [2.05, 4.69) is 48.9 Å². The Morgan fingerprint density at radius 2 is 2.00 bits per heavy atom. The van der Waals surface area contributed by atoms with Gasteiger partial charge in [0.1, 0.15) is 11.4 Å². The van der Waals surface area contributed by atoms with Gasteiger partial charge in [0.2, 0.25) is 0 Å². The molecule has 0 amide bonds. The maximum absolute atomic E-state index is 5.56. The molecule has 0 radical (unpaired) electrons. The van der Waals surface area contributed by atoms with E-state index in [1.54, 1.807) is 7.11 Å². The summed E-state index contributed by atoms with van der Waals surface area (Å²) in [6, 6.07) is 14.6. The molecule has 1 aliphatic rings. The minimum Gasteiger partial charge on any atom is -0.496 e. The van der Waals surface area contributed by atoms with Gasteiger partial charge in [0.05, 0.1) is 7.11 Å². The monoisotopic (exact) mass is 412 g/mol. The molecule has 1 aliphatic heterocycles. The summed E-state index contributed by atoms with van der Waals surface area (Å²) in [7, 11) is 1.67. The zero-order chi connectivity index (χ0) is 17.9. The molecular formula is C20H21BrN4O. The average Bonchev–Trinajstić information content (AvgIpc) is 2.69. The fraction of sp³-hybridized carbons (Fsp3) is 0.300. The second-order valence-electron chi connectivity index (χ2n) is 6.48. The number of benzene rings is 2. The van der Waals surface area contributed by atoms with Crippen molar-refractivity contribution in [3.63, 3.8) is 0 Å². The van der Waals surface area contributed by atoms with Gasteiger partial charge < -0.3 is 15.4 Å². The van der Waals surface area contributed by atoms with Crippen LogP contribution in [0.5, 0.6) is 5.75 Å². The molecule has 0 spiro atoms. The van der Waals surface area contributed by atoms with Crippen molar-refractivity contribution in [1.29, 1.82) is 0 Å². The number of aromatic nitrogens is 2. The molecule has 134 valence electrons. The van der Waals surface area contributed by atoms with Gasteiger partial charge in [-0.1, -0.05) is 40.2 Å². The van der Waals surface area contributed by atoms with Crippen LogP contribution in [0.3, 0.4) is 0 Å². The number of ether oxygens (including phenoxy) is 1. The van der Waals surface area contributed by atoms with Crippen LogP contribution in [-0.4, -0.2) is 36.4 Å². The first-order valence-corrected chi connectivity index (χ1v) is 9.62. The number of hydrogen-bond acceptors (Lipinski definition) is 5. The number of nitrogens with zero attached hydrogens (tertiary/aromatic N) is 2. The second-order valence-corrected chi connectivity index (χ2v) is 7.39. The Balaban J connectivity index is 1.79. The molecule has 0 aliphatic carbocycles. The molecular weight excluding hydrogens is 392 g/mol. The summed E-state index contributed by atoms with van der Waals surface area (Å²) in [5.41, 5.74) is 1.77. The first kappa shape index (κ1) is 17.2. The van der Waals surface area contributed by atoms with E-state index in [-0.39, 0.29) is 0 Å². The molecule has 0 saturated carbocycles. The van der Waals surface area contributed by atoms with Gasteiger partial charge in [-0.25, -0.2) is 0 Å². The first-order chi connectivity index (χ1) is 12.8. The van der Waals surface area contributed by atoms with Gasteiger partial charge in [-0.15, -0.1) is 10.2 Å². The SMILES string of the molecule is COc1cc(Br)ccc1-c1nnc(NC2CCCNC2)c2ccccc12. The van der Waals surface area contributed by atoms with E-state index in [0.717, 1.165) is 57.6 Å². The van der Waals surface area contributed by atoms with Crippen LogP contribution < -0.4 is 15.4 Å². The molecule has 1 aromatic heterocycles. The lowest BCUT2D eigenvalue weighted by Crippen LogP contribution is -2.38. The van der Waals surface area contributed by atoms with Crippen molar-refractivity contribution in [2.24, 2.45) is 0 Å². The summed E-state index contributed by atoms with van der Waals surface area (Å²) in [6.45, 7) is 2.05. The zero-order valence-corrected chi connectivity index (χ0v) is 16.2. The highest BCUT2D eigenvalue weighted by molar-refractivity contribution is 9.10. The minimum absolute atomic E-state index is 0.384. The maximum atomic E-state index is 5.56. The lowest BCUT2D eigenvalue weighted by atomic mass is 10.0. The molecule has 26 heavy (non-hydrogen) atoms. The Kier molecular flexibility index (Phi) is 5.04. The molecule has 2 aromatic carbocycles. The van der Waals surface area contributed by atoms with Crippen LogP contribution in [0.4, 0.5) is 5.82 Å². The van der Waals surface area contributed by atoms with E-state index in [0.29, 0.717) is 6.04 Å². The smallest absolute Gasteiger partial charge is 0.156 e. The Bertz CT molecular complexity index is 925. The Morgan fingerprint density at radius 1 is 1.15 bits per heavy atom. The summed E-state index contributed by atoms with van der Waals surface area (Å²) >= 11 is 3.49. The fourth-order valence-corrected chi connectivity index (χ4v) is 3.78. The van der Waals surface area contributed by atoms with Crippen LogP contribution in [0, 0.1) is 0 Å². The number of nitrogens with one attached hydrogen (secondary N) is 2. The van der Waals surface area contributed by atoms with Gasteiger partial charge in [0.25, 0.3) is 0 Å². The maximum Gasteiger partial charge on any atom is 0.156 e. The number of methoxy groups -OCH3 is 1. The van der Waals surface area contributed by atoms with Gasteiger partial charge in [-0.3, -0.25) is 0 Å². The van der Waals surface area contributed by atoms with Crippen molar-refractivity contribution in [3.05, 3.63) is 46.9 Å². The number of rotatable bonds is 4. The highest BCUT2D eigenvalue weighted by Crippen LogP contribution is 2.36. The molecule has 1 atom stereocenters. The fourth-order valence-electron chi connectivity index (χ4n) is 3.44. The van der Waals surface area contributed by atoms with Crippen LogP contribution in [0.25, 0.3) is 22.0 Å². The van der Waals surface area contributed by atoms with Gasteiger partial charge in [-0.05, 0) is 37.6 Å². The molecule has 2 N–H and O–H groups in total. The van der Waals surface area contributed by atoms with Crippen molar-refractivity contribution in [1.82, 2.24) is 15.5 Å². The van der Waals surface area contributed by atoms with E-state index in [1.165, 1.54) is 6.42 Å². The zero-order valence-electron chi connectivity index (χ0n) is 14.6. The standard InChI is InChI=1S/C20H21BrN4O/c1-26-18-11-13(21)8-9-17(18)19-15-6-2-3-7-16(15)20(25-24-19)23-14-5-4-10-22-12-14/h2-3,6-9,11,14,22H,4-5,10,12H2,1H3,(H,23,25). The van der Waals surface area contributed by atoms with Crippen LogP contribution in [0.2, 0.25) is 0 Å². The summed E-state index contributed by atoms with van der Waals surface area (Å²) in [4.78, 5) is 0. The topological polar surface area (TPSA) is 59.1 Å². The van der Waals surface area contributed by atoms with Gasteiger partial charge >= 0.3 is 0 Å². The Hall–Kier alpha value is -2.18. The van der Waals surface area contributed by atoms with E-state index in [1.807, 2.05) is 30.3 Å². The molecule has 2 heterocycles. The molecule has 3 aromatic rings. The molecule has 0 bridgehead atoms. The Morgan fingerprint density at radius 3 is 2.77 bits per heavy atom. The highest BCUT2D eigenvalue weighted by Gasteiger charge is 2.18. The summed E-state index contributed by atoms with van der Waals surface area (Å²) in [6.07, 6.45) is 2.32.